The molecule has 0 aliphatic rings. The molecule has 0 saturated carbocycles. The fourth-order valence-corrected chi connectivity index (χ4v) is 1.77. The molecule has 0 spiro atoms. The number of anilines is 1. The summed E-state index contributed by atoms with van der Waals surface area (Å²) in [4.78, 5) is 12.1. The summed E-state index contributed by atoms with van der Waals surface area (Å²) >= 11 is 0. The van der Waals surface area contributed by atoms with E-state index in [2.05, 4.69) is 0 Å². The van der Waals surface area contributed by atoms with Crippen molar-refractivity contribution in [2.45, 2.75) is 6.92 Å². The number of amides is 1. The van der Waals surface area contributed by atoms with Crippen LogP contribution >= 0.6 is 0 Å². The van der Waals surface area contributed by atoms with Gasteiger partial charge in [-0.2, -0.15) is 5.06 Å². The first-order valence-corrected chi connectivity index (χ1v) is 5.86. The van der Waals surface area contributed by atoms with Crippen molar-refractivity contribution in [2.75, 3.05) is 12.2 Å². The van der Waals surface area contributed by atoms with Crippen molar-refractivity contribution in [1.82, 2.24) is 0 Å². The summed E-state index contributed by atoms with van der Waals surface area (Å²) < 4.78 is 5.03. The number of rotatable bonds is 3. The van der Waals surface area contributed by atoms with Gasteiger partial charge in [0.1, 0.15) is 5.75 Å². The molecule has 2 rings (SSSR count). The number of hydroxylamine groups is 1. The van der Waals surface area contributed by atoms with Crippen LogP contribution in [0.1, 0.15) is 15.9 Å². The molecule has 0 aliphatic heterocycles. The summed E-state index contributed by atoms with van der Waals surface area (Å²) in [6.45, 7) is 1.83. The maximum atomic E-state index is 12.1. The third kappa shape index (κ3) is 2.74. The summed E-state index contributed by atoms with van der Waals surface area (Å²) in [6.07, 6.45) is 0. The Hall–Kier alpha value is -2.33. The largest absolute Gasteiger partial charge is 0.497 e. The molecule has 0 radical (unpaired) electrons. The molecule has 0 saturated heterocycles. The third-order valence-electron chi connectivity index (χ3n) is 2.87. The van der Waals surface area contributed by atoms with Crippen molar-refractivity contribution in [2.24, 2.45) is 0 Å². The number of benzene rings is 2. The molecule has 4 nitrogen and oxygen atoms in total. The van der Waals surface area contributed by atoms with Crippen molar-refractivity contribution in [1.29, 1.82) is 0 Å². The summed E-state index contributed by atoms with van der Waals surface area (Å²) in [6, 6.07) is 13.7. The maximum absolute atomic E-state index is 12.1. The van der Waals surface area contributed by atoms with E-state index >= 15 is 0 Å². The zero-order valence-electron chi connectivity index (χ0n) is 10.8. The van der Waals surface area contributed by atoms with Crippen molar-refractivity contribution in [3.63, 3.8) is 0 Å². The number of ether oxygens (including phenoxy) is 1. The van der Waals surface area contributed by atoms with Crippen LogP contribution < -0.4 is 9.80 Å². The number of para-hydroxylation sites is 1. The van der Waals surface area contributed by atoms with Gasteiger partial charge in [-0.15, -0.1) is 0 Å². The number of carbonyl (C=O) groups excluding carboxylic acids is 1. The van der Waals surface area contributed by atoms with E-state index in [1.165, 1.54) is 0 Å². The Morgan fingerprint density at radius 3 is 2.32 bits per heavy atom. The first kappa shape index (κ1) is 13.1. The quantitative estimate of drug-likeness (QED) is 0.679. The fourth-order valence-electron chi connectivity index (χ4n) is 1.77. The molecule has 0 heterocycles. The molecule has 2 aromatic carbocycles. The molecule has 2 aromatic rings. The average molecular weight is 257 g/mol. The van der Waals surface area contributed by atoms with Gasteiger partial charge in [-0.25, -0.2) is 0 Å². The molecule has 0 unspecified atom stereocenters. The molecule has 1 N–H and O–H groups in total. The second-order valence-electron chi connectivity index (χ2n) is 4.13. The minimum Gasteiger partial charge on any atom is -0.497 e. The Morgan fingerprint density at radius 2 is 1.74 bits per heavy atom. The Kier molecular flexibility index (Phi) is 3.82. The van der Waals surface area contributed by atoms with Crippen LogP contribution in [0.5, 0.6) is 5.75 Å². The van der Waals surface area contributed by atoms with Crippen LogP contribution in [0.25, 0.3) is 0 Å². The highest BCUT2D eigenvalue weighted by atomic mass is 16.5. The molecule has 1 amide bonds. The maximum Gasteiger partial charge on any atom is 0.281 e. The number of hydrogen-bond donors (Lipinski definition) is 1. The second kappa shape index (κ2) is 5.54. The minimum absolute atomic E-state index is 0.395. The van der Waals surface area contributed by atoms with E-state index in [1.54, 1.807) is 43.5 Å². The number of aryl methyl sites for hydroxylation is 1. The van der Waals surface area contributed by atoms with Gasteiger partial charge in [-0.1, -0.05) is 18.2 Å². The molecule has 19 heavy (non-hydrogen) atoms. The highest BCUT2D eigenvalue weighted by molar-refractivity contribution is 6.04. The van der Waals surface area contributed by atoms with E-state index in [1.807, 2.05) is 19.1 Å². The van der Waals surface area contributed by atoms with Crippen molar-refractivity contribution < 1.29 is 14.7 Å². The molecule has 4 heteroatoms. The monoisotopic (exact) mass is 257 g/mol. The van der Waals surface area contributed by atoms with E-state index in [0.717, 1.165) is 5.56 Å². The van der Waals surface area contributed by atoms with Gasteiger partial charge >= 0.3 is 0 Å². The third-order valence-corrected chi connectivity index (χ3v) is 2.87. The topological polar surface area (TPSA) is 49.8 Å². The Labute approximate surface area is 111 Å². The fraction of sp³-hybridized carbons (Fsp3) is 0.133. The molecular formula is C15H15NO3. The van der Waals surface area contributed by atoms with Crippen LogP contribution in [-0.4, -0.2) is 18.2 Å². The van der Waals surface area contributed by atoms with E-state index in [9.17, 15) is 10.0 Å². The lowest BCUT2D eigenvalue weighted by atomic mass is 10.1. The SMILES string of the molecule is COc1ccc(C(=O)N(O)c2ccccc2C)cc1. The number of carbonyl (C=O) groups is 1. The van der Waals surface area contributed by atoms with Gasteiger partial charge in [0.2, 0.25) is 0 Å². The molecular weight excluding hydrogens is 242 g/mol. The van der Waals surface area contributed by atoms with Gasteiger partial charge in [0.25, 0.3) is 5.91 Å². The van der Waals surface area contributed by atoms with E-state index in [-0.39, 0.29) is 0 Å². The van der Waals surface area contributed by atoms with Crippen LogP contribution in [0.15, 0.2) is 48.5 Å². The summed E-state index contributed by atoms with van der Waals surface area (Å²) in [7, 11) is 1.56. The summed E-state index contributed by atoms with van der Waals surface area (Å²) in [5.74, 6) is 0.189. The Bertz CT molecular complexity index is 578. The normalized spacial score (nSPS) is 10.1. The molecule has 0 fully saturated rings. The Morgan fingerprint density at radius 1 is 1.11 bits per heavy atom. The Balaban J connectivity index is 2.26. The second-order valence-corrected chi connectivity index (χ2v) is 4.13. The minimum atomic E-state index is -0.475. The van der Waals surface area contributed by atoms with E-state index in [4.69, 9.17) is 4.74 Å². The zero-order chi connectivity index (χ0) is 13.8. The van der Waals surface area contributed by atoms with E-state index in [0.29, 0.717) is 22.1 Å². The van der Waals surface area contributed by atoms with E-state index < -0.39 is 5.91 Å². The van der Waals surface area contributed by atoms with Crippen molar-refractivity contribution >= 4 is 11.6 Å². The highest BCUT2D eigenvalue weighted by Gasteiger charge is 2.16. The van der Waals surface area contributed by atoms with Gasteiger partial charge in [-0.05, 0) is 42.8 Å². The standard InChI is InChI=1S/C15H15NO3/c1-11-5-3-4-6-14(11)16(18)15(17)12-7-9-13(19-2)10-8-12/h3-10,18H,1-2H3. The predicted octanol–water partition coefficient (Wildman–Crippen LogP) is 3.04. The molecule has 98 valence electrons. The first-order chi connectivity index (χ1) is 9.13. The number of nitrogens with zero attached hydrogens (tertiary/aromatic N) is 1. The van der Waals surface area contributed by atoms with Crippen LogP contribution in [0.4, 0.5) is 5.69 Å². The lowest BCUT2D eigenvalue weighted by molar-refractivity contribution is 0.0854. The van der Waals surface area contributed by atoms with Gasteiger partial charge in [0, 0.05) is 5.56 Å². The van der Waals surface area contributed by atoms with Crippen molar-refractivity contribution in [3.8, 4) is 5.75 Å². The van der Waals surface area contributed by atoms with Gasteiger partial charge < -0.3 is 4.74 Å². The van der Waals surface area contributed by atoms with Crippen LogP contribution in [0.2, 0.25) is 0 Å². The molecule has 0 atom stereocenters. The van der Waals surface area contributed by atoms with Crippen LogP contribution in [-0.2, 0) is 0 Å². The summed E-state index contributed by atoms with van der Waals surface area (Å²) in [5, 5.41) is 10.7. The van der Waals surface area contributed by atoms with Gasteiger partial charge in [0.15, 0.2) is 0 Å². The smallest absolute Gasteiger partial charge is 0.281 e. The predicted molar refractivity (Wildman–Crippen MR) is 72.8 cm³/mol. The lowest BCUT2D eigenvalue weighted by Crippen LogP contribution is -2.27. The number of methoxy groups -OCH3 is 1. The molecule has 0 bridgehead atoms. The number of hydrogen-bond acceptors (Lipinski definition) is 3. The average Bonchev–Trinajstić information content (AvgIpc) is 2.46. The summed E-state index contributed by atoms with van der Waals surface area (Å²) in [5.41, 5.74) is 1.70. The van der Waals surface area contributed by atoms with Crippen molar-refractivity contribution in [3.05, 3.63) is 59.7 Å². The lowest BCUT2D eigenvalue weighted by Gasteiger charge is -2.17. The molecule has 0 aliphatic carbocycles. The zero-order valence-corrected chi connectivity index (χ0v) is 10.8. The van der Waals surface area contributed by atoms with Gasteiger partial charge in [-0.3, -0.25) is 10.0 Å². The highest BCUT2D eigenvalue weighted by Crippen LogP contribution is 2.20. The molecule has 0 aromatic heterocycles. The van der Waals surface area contributed by atoms with Gasteiger partial charge in [0.05, 0.1) is 12.8 Å². The van der Waals surface area contributed by atoms with Crippen LogP contribution in [0, 0.1) is 6.92 Å². The van der Waals surface area contributed by atoms with Crippen LogP contribution in [0.3, 0.4) is 0 Å². The first-order valence-electron chi connectivity index (χ1n) is 5.86.